The summed E-state index contributed by atoms with van der Waals surface area (Å²) in [7, 11) is -1.50. The van der Waals surface area contributed by atoms with Gasteiger partial charge in [-0.1, -0.05) is 26.0 Å². The minimum Gasteiger partial charge on any atom is -0.493 e. The molecule has 1 aromatic carbocycles. The first-order valence-electron chi connectivity index (χ1n) is 8.86. The number of sulfone groups is 1. The van der Waals surface area contributed by atoms with E-state index < -0.39 is 14.6 Å². The van der Waals surface area contributed by atoms with Gasteiger partial charge in [-0.25, -0.2) is 8.42 Å². The highest BCUT2D eigenvalue weighted by molar-refractivity contribution is 14.0. The van der Waals surface area contributed by atoms with Crippen LogP contribution in [0.1, 0.15) is 46.2 Å². The molecule has 0 bridgehead atoms. The van der Waals surface area contributed by atoms with Crippen LogP contribution in [0, 0.1) is 5.92 Å². The summed E-state index contributed by atoms with van der Waals surface area (Å²) < 4.78 is 28.5. The number of hydrogen-bond donors (Lipinski definition) is 2. The average molecular weight is 511 g/mol. The zero-order valence-electron chi connectivity index (χ0n) is 17.4. The van der Waals surface area contributed by atoms with Crippen molar-refractivity contribution in [3.05, 3.63) is 29.8 Å². The molecule has 6 nitrogen and oxygen atoms in total. The molecule has 1 atom stereocenters. The minimum atomic E-state index is -3.16. The molecule has 1 unspecified atom stereocenters. The maximum atomic E-state index is 11.8. The third-order valence-electron chi connectivity index (χ3n) is 4.23. The van der Waals surface area contributed by atoms with Crippen molar-refractivity contribution in [2.45, 2.75) is 45.4 Å². The van der Waals surface area contributed by atoms with Gasteiger partial charge in [0.05, 0.1) is 17.4 Å². The lowest BCUT2D eigenvalue weighted by atomic mass is 10.1. The van der Waals surface area contributed by atoms with Gasteiger partial charge >= 0.3 is 0 Å². The van der Waals surface area contributed by atoms with Crippen molar-refractivity contribution in [2.75, 3.05) is 26.5 Å². The van der Waals surface area contributed by atoms with Gasteiger partial charge in [0.25, 0.3) is 0 Å². The monoisotopic (exact) mass is 511 g/mol. The van der Waals surface area contributed by atoms with E-state index in [-0.39, 0.29) is 36.6 Å². The second-order valence-electron chi connectivity index (χ2n) is 7.60. The fraction of sp³-hybridized carbons (Fsp3) is 0.632. The van der Waals surface area contributed by atoms with Gasteiger partial charge in [0.1, 0.15) is 5.75 Å². The van der Waals surface area contributed by atoms with E-state index in [1.54, 1.807) is 20.9 Å². The lowest BCUT2D eigenvalue weighted by molar-refractivity contribution is 0.271. The van der Waals surface area contributed by atoms with Crippen molar-refractivity contribution in [3.63, 3.8) is 0 Å². The van der Waals surface area contributed by atoms with Crippen LogP contribution in [-0.4, -0.2) is 45.6 Å². The van der Waals surface area contributed by atoms with E-state index in [0.29, 0.717) is 18.5 Å². The largest absolute Gasteiger partial charge is 0.493 e. The summed E-state index contributed by atoms with van der Waals surface area (Å²) in [6.07, 6.45) is 1.25. The van der Waals surface area contributed by atoms with E-state index >= 15 is 0 Å². The van der Waals surface area contributed by atoms with Gasteiger partial charge in [0, 0.05) is 19.8 Å². The Kier molecular flexibility index (Phi) is 10.7. The Hall–Kier alpha value is -1.03. The van der Waals surface area contributed by atoms with Crippen LogP contribution in [0.3, 0.4) is 0 Å². The second kappa shape index (κ2) is 11.1. The number of rotatable bonds is 8. The molecular weight excluding hydrogens is 477 g/mol. The predicted octanol–water partition coefficient (Wildman–Crippen LogP) is 3.39. The highest BCUT2D eigenvalue weighted by Crippen LogP contribution is 2.18. The van der Waals surface area contributed by atoms with Gasteiger partial charge in [-0.15, -0.1) is 24.0 Å². The first-order valence-corrected chi connectivity index (χ1v) is 10.7. The zero-order chi connectivity index (χ0) is 20.0. The quantitative estimate of drug-likeness (QED) is 0.318. The van der Waals surface area contributed by atoms with Gasteiger partial charge in [-0.05, 0) is 44.4 Å². The first kappa shape index (κ1) is 26.0. The molecule has 0 spiro atoms. The number of aliphatic imine (C=N–C) groups is 1. The molecule has 0 amide bonds. The molecule has 0 radical (unpaired) electrons. The highest BCUT2D eigenvalue weighted by atomic mass is 127. The predicted molar refractivity (Wildman–Crippen MR) is 124 cm³/mol. The third-order valence-corrected chi connectivity index (χ3v) is 6.38. The number of nitrogens with zero attached hydrogens (tertiary/aromatic N) is 1. The van der Waals surface area contributed by atoms with Crippen LogP contribution < -0.4 is 15.4 Å². The van der Waals surface area contributed by atoms with Crippen molar-refractivity contribution >= 4 is 39.8 Å². The summed E-state index contributed by atoms with van der Waals surface area (Å²) in [6.45, 7) is 10.6. The van der Waals surface area contributed by atoms with E-state index in [0.717, 1.165) is 11.3 Å². The summed E-state index contributed by atoms with van der Waals surface area (Å²) >= 11 is 0. The number of hydrogen-bond acceptors (Lipinski definition) is 4. The minimum absolute atomic E-state index is 0. The molecule has 0 saturated carbocycles. The lowest BCUT2D eigenvalue weighted by Gasteiger charge is -2.25. The molecule has 0 fully saturated rings. The molecule has 1 rings (SSSR count). The van der Waals surface area contributed by atoms with Crippen molar-refractivity contribution < 1.29 is 13.2 Å². The maximum Gasteiger partial charge on any atom is 0.191 e. The van der Waals surface area contributed by atoms with E-state index in [1.165, 1.54) is 6.26 Å². The Balaban J connectivity index is 0.00000676. The number of halogens is 1. The Bertz CT molecular complexity index is 701. The Morgan fingerprint density at radius 2 is 1.74 bits per heavy atom. The molecule has 27 heavy (non-hydrogen) atoms. The topological polar surface area (TPSA) is 79.8 Å². The Morgan fingerprint density at radius 3 is 2.19 bits per heavy atom. The van der Waals surface area contributed by atoms with Gasteiger partial charge in [-0.2, -0.15) is 0 Å². The summed E-state index contributed by atoms with van der Waals surface area (Å²) in [5.41, 5.74) is 1.09. The summed E-state index contributed by atoms with van der Waals surface area (Å²) in [5.74, 6) is 1.90. The normalized spacial score (nSPS) is 13.7. The fourth-order valence-electron chi connectivity index (χ4n) is 2.03. The summed E-state index contributed by atoms with van der Waals surface area (Å²) in [6, 6.07) is 7.96. The molecule has 2 N–H and O–H groups in total. The molecule has 1 aromatic rings. The van der Waals surface area contributed by atoms with Crippen LogP contribution in [0.5, 0.6) is 5.75 Å². The molecule has 0 aliphatic rings. The molecular formula is C19H34IN3O3S. The first-order chi connectivity index (χ1) is 12.0. The van der Waals surface area contributed by atoms with Crippen molar-refractivity contribution in [1.29, 1.82) is 0 Å². The van der Waals surface area contributed by atoms with E-state index in [4.69, 9.17) is 4.74 Å². The average Bonchev–Trinajstić information content (AvgIpc) is 2.55. The van der Waals surface area contributed by atoms with Gasteiger partial charge in [-0.3, -0.25) is 4.99 Å². The van der Waals surface area contributed by atoms with Crippen molar-refractivity contribution in [1.82, 2.24) is 10.6 Å². The molecule has 0 aromatic heterocycles. The van der Waals surface area contributed by atoms with E-state index in [1.807, 2.05) is 31.2 Å². The van der Waals surface area contributed by atoms with E-state index in [2.05, 4.69) is 29.5 Å². The summed E-state index contributed by atoms with van der Waals surface area (Å²) in [4.78, 5) is 4.18. The zero-order valence-corrected chi connectivity index (χ0v) is 20.5. The van der Waals surface area contributed by atoms with Crippen LogP contribution in [0.15, 0.2) is 29.3 Å². The van der Waals surface area contributed by atoms with Gasteiger partial charge in [0.15, 0.2) is 15.8 Å². The second-order valence-corrected chi connectivity index (χ2v) is 10.2. The SMILES string of the molecule is CN=C(NCC(C)(C)S(C)(=O)=O)NC(C)c1ccc(OCC(C)C)cc1.I. The highest BCUT2D eigenvalue weighted by Gasteiger charge is 2.30. The van der Waals surface area contributed by atoms with Crippen LogP contribution in [0.4, 0.5) is 0 Å². The molecule has 8 heteroatoms. The van der Waals surface area contributed by atoms with Crippen LogP contribution in [-0.2, 0) is 9.84 Å². The van der Waals surface area contributed by atoms with Crippen molar-refractivity contribution in [2.24, 2.45) is 10.9 Å². The van der Waals surface area contributed by atoms with E-state index in [9.17, 15) is 8.42 Å². The van der Waals surface area contributed by atoms with Crippen molar-refractivity contribution in [3.8, 4) is 5.75 Å². The third kappa shape index (κ3) is 8.68. The van der Waals surface area contributed by atoms with Gasteiger partial charge < -0.3 is 15.4 Å². The number of benzene rings is 1. The molecule has 0 saturated heterocycles. The van der Waals surface area contributed by atoms with Crippen LogP contribution in [0.25, 0.3) is 0 Å². The lowest BCUT2D eigenvalue weighted by Crippen LogP contribution is -2.48. The molecule has 0 heterocycles. The Labute approximate surface area is 181 Å². The van der Waals surface area contributed by atoms with Crippen LogP contribution >= 0.6 is 24.0 Å². The standard InChI is InChI=1S/C19H33N3O3S.HI/c1-14(2)12-25-17-10-8-16(9-11-17)15(3)22-18(20-6)21-13-19(4,5)26(7,23)24;/h8-11,14-15H,12-13H2,1-7H3,(H2,20,21,22);1H. The number of nitrogens with one attached hydrogen (secondary N) is 2. The van der Waals surface area contributed by atoms with Crippen LogP contribution in [0.2, 0.25) is 0 Å². The number of guanidine groups is 1. The van der Waals surface area contributed by atoms with Gasteiger partial charge in [0.2, 0.25) is 0 Å². The summed E-state index contributed by atoms with van der Waals surface area (Å²) in [5, 5.41) is 6.38. The molecule has 0 aliphatic carbocycles. The maximum absolute atomic E-state index is 11.8. The molecule has 156 valence electrons. The Morgan fingerprint density at radius 1 is 1.19 bits per heavy atom. The number of ether oxygens (including phenoxy) is 1. The molecule has 0 aliphatic heterocycles. The fourth-order valence-corrected chi connectivity index (χ4v) is 2.36. The smallest absolute Gasteiger partial charge is 0.191 e.